The van der Waals surface area contributed by atoms with Crippen molar-refractivity contribution in [1.29, 1.82) is 0 Å². The van der Waals surface area contributed by atoms with Crippen LogP contribution in [0.4, 0.5) is 4.79 Å². The van der Waals surface area contributed by atoms with Gasteiger partial charge >= 0.3 is 12.0 Å². The SMILES string of the molecule is CCOC(=O)C1=C(CC)NC(=O)NC1c1cc(Br)c(OC)c(OC)c1. The molecular formula is C17H21BrN2O5. The molecule has 1 unspecified atom stereocenters. The molecule has 0 aromatic heterocycles. The average Bonchev–Trinajstić information content (AvgIpc) is 2.60. The molecule has 1 aromatic carbocycles. The maximum absolute atomic E-state index is 12.5. The molecule has 1 aromatic rings. The number of methoxy groups -OCH3 is 2. The zero-order valence-corrected chi connectivity index (χ0v) is 16.2. The summed E-state index contributed by atoms with van der Waals surface area (Å²) >= 11 is 3.44. The lowest BCUT2D eigenvalue weighted by molar-refractivity contribution is -0.139. The number of nitrogens with one attached hydrogen (secondary N) is 2. The maximum atomic E-state index is 12.5. The molecule has 0 bridgehead atoms. The van der Waals surface area contributed by atoms with E-state index in [-0.39, 0.29) is 12.6 Å². The number of carbonyl (C=O) groups is 2. The average molecular weight is 413 g/mol. The Morgan fingerprint density at radius 1 is 1.24 bits per heavy atom. The minimum atomic E-state index is -0.654. The van der Waals surface area contributed by atoms with Gasteiger partial charge in [-0.2, -0.15) is 0 Å². The lowest BCUT2D eigenvalue weighted by atomic mass is 9.94. The largest absolute Gasteiger partial charge is 0.493 e. The fraction of sp³-hybridized carbons (Fsp3) is 0.412. The highest BCUT2D eigenvalue weighted by Gasteiger charge is 2.34. The van der Waals surface area contributed by atoms with Crippen molar-refractivity contribution < 1.29 is 23.8 Å². The number of rotatable bonds is 6. The van der Waals surface area contributed by atoms with Crippen LogP contribution in [0.2, 0.25) is 0 Å². The Balaban J connectivity index is 2.59. The summed E-state index contributed by atoms with van der Waals surface area (Å²) in [4.78, 5) is 24.5. The first-order valence-electron chi connectivity index (χ1n) is 7.85. The molecule has 1 atom stereocenters. The molecule has 1 heterocycles. The van der Waals surface area contributed by atoms with Crippen LogP contribution < -0.4 is 20.1 Å². The Bertz CT molecular complexity index is 717. The second kappa shape index (κ2) is 8.24. The van der Waals surface area contributed by atoms with E-state index in [1.165, 1.54) is 14.2 Å². The van der Waals surface area contributed by atoms with E-state index < -0.39 is 12.0 Å². The first kappa shape index (κ1) is 19.1. The number of hydrogen-bond acceptors (Lipinski definition) is 5. The molecule has 0 fully saturated rings. The van der Waals surface area contributed by atoms with E-state index in [4.69, 9.17) is 14.2 Å². The first-order chi connectivity index (χ1) is 12.0. The zero-order chi connectivity index (χ0) is 18.6. The standard InChI is InChI=1S/C17H21BrN2O5/c1-5-11-13(16(21)25-6-2)14(20-17(22)19-11)9-7-10(18)15(24-4)12(8-9)23-3/h7-8,14H,5-6H2,1-4H3,(H2,19,20,22). The highest BCUT2D eigenvalue weighted by molar-refractivity contribution is 9.10. The summed E-state index contributed by atoms with van der Waals surface area (Å²) in [6, 6.07) is 2.48. The number of hydrogen-bond donors (Lipinski definition) is 2. The highest BCUT2D eigenvalue weighted by atomic mass is 79.9. The van der Waals surface area contributed by atoms with Gasteiger partial charge in [-0.1, -0.05) is 6.92 Å². The van der Waals surface area contributed by atoms with Gasteiger partial charge < -0.3 is 24.8 Å². The van der Waals surface area contributed by atoms with Crippen molar-refractivity contribution in [2.45, 2.75) is 26.3 Å². The molecular weight excluding hydrogens is 392 g/mol. The summed E-state index contributed by atoms with van der Waals surface area (Å²) in [6.07, 6.45) is 0.493. The van der Waals surface area contributed by atoms with Gasteiger partial charge in [-0.25, -0.2) is 9.59 Å². The van der Waals surface area contributed by atoms with Gasteiger partial charge in [-0.15, -0.1) is 0 Å². The van der Waals surface area contributed by atoms with Crippen LogP contribution in [0.25, 0.3) is 0 Å². The molecule has 25 heavy (non-hydrogen) atoms. The molecule has 1 aliphatic heterocycles. The summed E-state index contributed by atoms with van der Waals surface area (Å²) in [6.45, 7) is 3.85. The normalized spacial score (nSPS) is 16.8. The van der Waals surface area contributed by atoms with E-state index in [1.54, 1.807) is 19.1 Å². The van der Waals surface area contributed by atoms with Gasteiger partial charge in [0.2, 0.25) is 0 Å². The fourth-order valence-electron chi connectivity index (χ4n) is 2.70. The Morgan fingerprint density at radius 3 is 2.52 bits per heavy atom. The van der Waals surface area contributed by atoms with Gasteiger partial charge in [0, 0.05) is 5.70 Å². The van der Waals surface area contributed by atoms with Crippen molar-refractivity contribution in [3.05, 3.63) is 33.4 Å². The fourth-order valence-corrected chi connectivity index (χ4v) is 3.32. The number of urea groups is 1. The van der Waals surface area contributed by atoms with Gasteiger partial charge in [0.05, 0.1) is 36.9 Å². The summed E-state index contributed by atoms with van der Waals surface area (Å²) in [5.41, 5.74) is 1.59. The molecule has 0 saturated carbocycles. The van der Waals surface area contributed by atoms with Gasteiger partial charge in [0.25, 0.3) is 0 Å². The third-order valence-electron chi connectivity index (χ3n) is 3.79. The van der Waals surface area contributed by atoms with Crippen LogP contribution in [0.1, 0.15) is 31.9 Å². The van der Waals surface area contributed by atoms with Gasteiger partial charge in [0.1, 0.15) is 0 Å². The number of carbonyl (C=O) groups excluding carboxylic acids is 2. The van der Waals surface area contributed by atoms with Crippen molar-refractivity contribution in [3.8, 4) is 11.5 Å². The molecule has 0 spiro atoms. The highest BCUT2D eigenvalue weighted by Crippen LogP contribution is 2.40. The molecule has 0 radical (unpaired) electrons. The van der Waals surface area contributed by atoms with Crippen LogP contribution in [-0.4, -0.2) is 32.8 Å². The monoisotopic (exact) mass is 412 g/mol. The lowest BCUT2D eigenvalue weighted by Gasteiger charge is -2.29. The first-order valence-corrected chi connectivity index (χ1v) is 8.65. The summed E-state index contributed by atoms with van der Waals surface area (Å²) in [5.74, 6) is 0.549. The number of allylic oxidation sites excluding steroid dienone is 1. The van der Waals surface area contributed by atoms with E-state index in [2.05, 4.69) is 26.6 Å². The molecule has 7 nitrogen and oxygen atoms in total. The summed E-state index contributed by atoms with van der Waals surface area (Å²) in [7, 11) is 3.06. The minimum absolute atomic E-state index is 0.246. The lowest BCUT2D eigenvalue weighted by Crippen LogP contribution is -2.45. The van der Waals surface area contributed by atoms with Crippen molar-refractivity contribution in [1.82, 2.24) is 10.6 Å². The number of benzene rings is 1. The molecule has 2 N–H and O–H groups in total. The third kappa shape index (κ3) is 3.89. The van der Waals surface area contributed by atoms with E-state index in [9.17, 15) is 9.59 Å². The topological polar surface area (TPSA) is 85.9 Å². The van der Waals surface area contributed by atoms with E-state index in [1.807, 2.05) is 6.92 Å². The third-order valence-corrected chi connectivity index (χ3v) is 4.38. The second-order valence-corrected chi connectivity index (χ2v) is 6.09. The van der Waals surface area contributed by atoms with Gasteiger partial charge in [-0.05, 0) is 47.0 Å². The van der Waals surface area contributed by atoms with Crippen LogP contribution in [-0.2, 0) is 9.53 Å². The van der Waals surface area contributed by atoms with Gasteiger partial charge in [-0.3, -0.25) is 0 Å². The Morgan fingerprint density at radius 2 is 1.96 bits per heavy atom. The molecule has 136 valence electrons. The predicted molar refractivity (Wildman–Crippen MR) is 95.6 cm³/mol. The quantitative estimate of drug-likeness (QED) is 0.701. The molecule has 0 saturated heterocycles. The van der Waals surface area contributed by atoms with Crippen molar-refractivity contribution in [2.75, 3.05) is 20.8 Å². The molecule has 2 rings (SSSR count). The number of halogens is 1. The zero-order valence-electron chi connectivity index (χ0n) is 14.6. The van der Waals surface area contributed by atoms with Gasteiger partial charge in [0.15, 0.2) is 11.5 Å². The van der Waals surface area contributed by atoms with E-state index >= 15 is 0 Å². The molecule has 8 heteroatoms. The number of amides is 2. The maximum Gasteiger partial charge on any atom is 0.338 e. The smallest absolute Gasteiger partial charge is 0.338 e. The summed E-state index contributed by atoms with van der Waals surface area (Å²) in [5, 5.41) is 5.46. The summed E-state index contributed by atoms with van der Waals surface area (Å²) < 4.78 is 16.5. The van der Waals surface area contributed by atoms with Crippen LogP contribution in [0, 0.1) is 0 Å². The van der Waals surface area contributed by atoms with Crippen molar-refractivity contribution >= 4 is 27.9 Å². The molecule has 0 aliphatic carbocycles. The molecule has 1 aliphatic rings. The van der Waals surface area contributed by atoms with Crippen LogP contribution in [0.3, 0.4) is 0 Å². The van der Waals surface area contributed by atoms with Crippen LogP contribution >= 0.6 is 15.9 Å². The van der Waals surface area contributed by atoms with E-state index in [0.717, 1.165) is 0 Å². The predicted octanol–water partition coefficient (Wildman–Crippen LogP) is 3.05. The number of esters is 1. The van der Waals surface area contributed by atoms with E-state index in [0.29, 0.717) is 39.2 Å². The van der Waals surface area contributed by atoms with Crippen LogP contribution in [0.5, 0.6) is 11.5 Å². The number of ether oxygens (including phenoxy) is 3. The van der Waals surface area contributed by atoms with Crippen molar-refractivity contribution in [3.63, 3.8) is 0 Å². The minimum Gasteiger partial charge on any atom is -0.493 e. The van der Waals surface area contributed by atoms with Crippen molar-refractivity contribution in [2.24, 2.45) is 0 Å². The molecule has 2 amide bonds. The van der Waals surface area contributed by atoms with Crippen LogP contribution in [0.15, 0.2) is 27.9 Å². The Kier molecular flexibility index (Phi) is 6.30. The Hall–Kier alpha value is -2.22. The Labute approximate surface area is 154 Å². The second-order valence-electron chi connectivity index (χ2n) is 5.24.